The van der Waals surface area contributed by atoms with Crippen molar-refractivity contribution in [1.82, 2.24) is 0 Å². The van der Waals surface area contributed by atoms with E-state index in [1.807, 2.05) is 0 Å². The summed E-state index contributed by atoms with van der Waals surface area (Å²) in [6.45, 7) is -3.71. The fraction of sp³-hybridized carbons (Fsp3) is 0.222. The van der Waals surface area contributed by atoms with Crippen molar-refractivity contribution in [2.45, 2.75) is 13.2 Å². The van der Waals surface area contributed by atoms with Gasteiger partial charge in [-0.2, -0.15) is 0 Å². The minimum Gasteiger partial charge on any atom is -0.478 e. The number of hydrogen-bond donors (Lipinski definition) is 1. The van der Waals surface area contributed by atoms with E-state index < -0.39 is 19.3 Å². The zero-order valence-electron chi connectivity index (χ0n) is 9.27. The molecular weight excluding hydrogens is 250 g/mol. The molecule has 0 radical (unpaired) electrons. The normalized spacial score (nSPS) is 10.9. The summed E-state index contributed by atoms with van der Waals surface area (Å²) >= 11 is 0. The number of nitrogens with zero attached hydrogens (tertiary/aromatic N) is 3. The van der Waals surface area contributed by atoms with Gasteiger partial charge in [0.15, 0.2) is 0 Å². The summed E-state index contributed by atoms with van der Waals surface area (Å²) < 4.78 is 36.9. The van der Waals surface area contributed by atoms with E-state index in [2.05, 4.69) is 10.0 Å². The lowest BCUT2D eigenvalue weighted by molar-refractivity contribution is 0.0696. The van der Waals surface area contributed by atoms with Crippen LogP contribution in [0.25, 0.3) is 10.4 Å². The minimum absolute atomic E-state index is 0.104. The Morgan fingerprint density at radius 2 is 2.11 bits per heavy atom. The largest absolute Gasteiger partial charge is 0.482 e. The highest BCUT2D eigenvalue weighted by atomic mass is 19.4. The van der Waals surface area contributed by atoms with Crippen LogP contribution in [-0.4, -0.2) is 18.1 Å². The first-order valence-corrected chi connectivity index (χ1v) is 4.87. The van der Waals surface area contributed by atoms with Gasteiger partial charge in [-0.3, -0.25) is 0 Å². The van der Waals surface area contributed by atoms with Crippen LogP contribution in [0.4, 0.5) is 18.6 Å². The first-order valence-electron chi connectivity index (χ1n) is 4.87. The third-order valence-electron chi connectivity index (χ3n) is 2.29. The molecule has 0 saturated heterocycles. The Kier molecular flexibility index (Phi) is 3.87. The molecule has 0 unspecified atom stereocenters. The van der Waals surface area contributed by atoms with Gasteiger partial charge in [-0.25, -0.2) is 4.79 Å². The van der Waals surface area contributed by atoms with Crippen molar-refractivity contribution in [2.75, 3.05) is 0 Å². The third kappa shape index (κ3) is 3.42. The zero-order valence-corrected chi connectivity index (χ0v) is 9.27. The number of carboxylic acid groups (broad SMARTS) is 1. The number of carbonyl (C=O) groups is 1. The molecule has 1 N–H and O–H groups in total. The minimum atomic E-state index is -5.08. The lowest BCUT2D eigenvalue weighted by Gasteiger charge is -2.15. The Morgan fingerprint density at radius 1 is 1.50 bits per heavy atom. The van der Waals surface area contributed by atoms with Gasteiger partial charge in [0.05, 0.1) is 5.56 Å². The molecule has 9 heteroatoms. The highest BCUT2D eigenvalue weighted by Crippen LogP contribution is 2.27. The summed E-state index contributed by atoms with van der Waals surface area (Å²) in [5.41, 5.74) is 7.80. The van der Waals surface area contributed by atoms with E-state index in [4.69, 9.17) is 10.6 Å². The van der Waals surface area contributed by atoms with Crippen LogP contribution in [0, 0.1) is 6.92 Å². The fourth-order valence-corrected chi connectivity index (χ4v) is 1.52. The van der Waals surface area contributed by atoms with E-state index in [-0.39, 0.29) is 22.4 Å². The van der Waals surface area contributed by atoms with E-state index in [1.54, 1.807) is 0 Å². The van der Waals surface area contributed by atoms with Crippen molar-refractivity contribution in [2.24, 2.45) is 5.11 Å². The summed E-state index contributed by atoms with van der Waals surface area (Å²) in [6, 6.07) is 2.00. The molecule has 1 rings (SSSR count). The third-order valence-corrected chi connectivity index (χ3v) is 2.29. The van der Waals surface area contributed by atoms with Crippen molar-refractivity contribution in [3.05, 3.63) is 39.3 Å². The van der Waals surface area contributed by atoms with Gasteiger partial charge in [0.1, 0.15) is 0 Å². The Hall–Kier alpha value is -2.15. The second kappa shape index (κ2) is 5.01. The molecule has 0 fully saturated rings. The van der Waals surface area contributed by atoms with E-state index in [9.17, 15) is 17.7 Å². The van der Waals surface area contributed by atoms with Crippen LogP contribution in [0.2, 0.25) is 0 Å². The lowest BCUT2D eigenvalue weighted by atomic mass is 9.81. The molecular formula is C9H8BF3N3O2-. The number of halogens is 3. The summed E-state index contributed by atoms with van der Waals surface area (Å²) in [4.78, 5) is 13.3. The quantitative estimate of drug-likeness (QED) is 0.387. The number of benzene rings is 1. The molecule has 0 heterocycles. The molecule has 0 atom stereocenters. The number of rotatable bonds is 4. The molecule has 18 heavy (non-hydrogen) atoms. The second-order valence-electron chi connectivity index (χ2n) is 3.70. The summed E-state index contributed by atoms with van der Waals surface area (Å²) in [7, 11) is 0. The van der Waals surface area contributed by atoms with Gasteiger partial charge in [0.2, 0.25) is 0 Å². The average molecular weight is 258 g/mol. The predicted octanol–water partition coefficient (Wildman–Crippen LogP) is 3.56. The predicted molar refractivity (Wildman–Crippen MR) is 59.7 cm³/mol. The van der Waals surface area contributed by atoms with Crippen LogP contribution in [0.5, 0.6) is 0 Å². The van der Waals surface area contributed by atoms with Crippen LogP contribution in [0.3, 0.4) is 0 Å². The Morgan fingerprint density at radius 3 is 2.56 bits per heavy atom. The van der Waals surface area contributed by atoms with Crippen molar-refractivity contribution in [3.8, 4) is 0 Å². The summed E-state index contributed by atoms with van der Waals surface area (Å²) in [5.74, 6) is -1.36. The smallest absolute Gasteiger partial charge is 0.478 e. The van der Waals surface area contributed by atoms with Crippen molar-refractivity contribution < 1.29 is 22.8 Å². The number of azide groups is 1. The Bertz CT molecular complexity index is 515. The van der Waals surface area contributed by atoms with E-state index in [1.165, 1.54) is 6.92 Å². The SMILES string of the molecule is Cc1c(N=[N+]=[N-])cc(C[B-](F)(F)F)cc1C(=O)O. The first-order chi connectivity index (χ1) is 8.24. The molecule has 0 saturated carbocycles. The molecule has 1 aromatic rings. The average Bonchev–Trinajstić information content (AvgIpc) is 2.20. The van der Waals surface area contributed by atoms with Gasteiger partial charge in [-0.1, -0.05) is 23.1 Å². The lowest BCUT2D eigenvalue weighted by Crippen LogP contribution is -2.19. The van der Waals surface area contributed by atoms with Crippen LogP contribution in [0.15, 0.2) is 17.2 Å². The van der Waals surface area contributed by atoms with E-state index in [0.29, 0.717) is 0 Å². The highest BCUT2D eigenvalue weighted by molar-refractivity contribution is 6.57. The Labute approximate surface area is 99.9 Å². The van der Waals surface area contributed by atoms with Crippen LogP contribution < -0.4 is 0 Å². The molecule has 0 aliphatic rings. The van der Waals surface area contributed by atoms with Gasteiger partial charge in [0, 0.05) is 10.6 Å². The molecule has 0 aliphatic carbocycles. The maximum absolute atomic E-state index is 12.3. The molecule has 0 aliphatic heterocycles. The van der Waals surface area contributed by atoms with Crippen LogP contribution in [0.1, 0.15) is 21.5 Å². The van der Waals surface area contributed by atoms with Crippen LogP contribution >= 0.6 is 0 Å². The van der Waals surface area contributed by atoms with Crippen LogP contribution in [-0.2, 0) is 6.32 Å². The van der Waals surface area contributed by atoms with E-state index >= 15 is 0 Å². The fourth-order valence-electron chi connectivity index (χ4n) is 1.52. The van der Waals surface area contributed by atoms with Crippen molar-refractivity contribution in [3.63, 3.8) is 0 Å². The van der Waals surface area contributed by atoms with Crippen molar-refractivity contribution >= 4 is 18.6 Å². The molecule has 0 bridgehead atoms. The van der Waals surface area contributed by atoms with Crippen molar-refractivity contribution in [1.29, 1.82) is 0 Å². The van der Waals surface area contributed by atoms with Gasteiger partial charge < -0.3 is 18.1 Å². The summed E-state index contributed by atoms with van der Waals surface area (Å²) in [5, 5.41) is 12.1. The maximum atomic E-state index is 12.3. The summed E-state index contributed by atoms with van der Waals surface area (Å²) in [6.07, 6.45) is -1.21. The first kappa shape index (κ1) is 13.9. The molecule has 0 spiro atoms. The Balaban J connectivity index is 3.38. The number of carboxylic acids is 1. The number of hydrogen-bond acceptors (Lipinski definition) is 2. The second-order valence-corrected chi connectivity index (χ2v) is 3.70. The molecule has 0 amide bonds. The van der Waals surface area contributed by atoms with Gasteiger partial charge >= 0.3 is 12.9 Å². The van der Waals surface area contributed by atoms with Gasteiger partial charge in [-0.15, -0.1) is 0 Å². The topological polar surface area (TPSA) is 86.1 Å². The molecule has 96 valence electrons. The molecule has 0 aromatic heterocycles. The number of aromatic carboxylic acids is 1. The zero-order chi connectivity index (χ0) is 13.9. The maximum Gasteiger partial charge on any atom is 0.482 e. The van der Waals surface area contributed by atoms with E-state index in [0.717, 1.165) is 12.1 Å². The van der Waals surface area contributed by atoms with Gasteiger partial charge in [-0.05, 0) is 24.1 Å². The monoisotopic (exact) mass is 258 g/mol. The highest BCUT2D eigenvalue weighted by Gasteiger charge is 2.24. The molecule has 5 nitrogen and oxygen atoms in total. The standard InChI is InChI=1S/C9H8BF3N3O2/c1-5-7(9(17)18)2-6(4-10(11,12)13)3-8(5)15-16-14/h2-3H,4H2,1H3,(H,17,18)/q-1. The molecule has 1 aromatic carbocycles. The van der Waals surface area contributed by atoms with Gasteiger partial charge in [0.25, 0.3) is 0 Å².